The van der Waals surface area contributed by atoms with Gasteiger partial charge in [-0.15, -0.1) is 0 Å². The number of hydrogen-bond acceptors (Lipinski definition) is 4. The predicted molar refractivity (Wildman–Crippen MR) is 84.4 cm³/mol. The van der Waals surface area contributed by atoms with Gasteiger partial charge in [0.1, 0.15) is 0 Å². The number of rotatable bonds is 8. The third-order valence-electron chi connectivity index (χ3n) is 3.63. The van der Waals surface area contributed by atoms with Gasteiger partial charge >= 0.3 is 0 Å². The Morgan fingerprint density at radius 2 is 2.05 bits per heavy atom. The summed E-state index contributed by atoms with van der Waals surface area (Å²) in [6.07, 6.45) is 0.729. The van der Waals surface area contributed by atoms with Gasteiger partial charge < -0.3 is 10.4 Å². The number of nitro benzene ring substituents is 1. The van der Waals surface area contributed by atoms with E-state index in [1.807, 2.05) is 26.0 Å². The van der Waals surface area contributed by atoms with E-state index in [1.54, 1.807) is 6.07 Å². The summed E-state index contributed by atoms with van der Waals surface area (Å²) in [5.41, 5.74) is 1.88. The highest BCUT2D eigenvalue weighted by Gasteiger charge is 2.18. The molecule has 0 saturated carbocycles. The summed E-state index contributed by atoms with van der Waals surface area (Å²) in [4.78, 5) is 10.8. The summed E-state index contributed by atoms with van der Waals surface area (Å²) < 4.78 is 0. The Balaban J connectivity index is 2.73. The molecule has 0 atom stereocenters. The minimum atomic E-state index is -0.311. The second-order valence-electron chi connectivity index (χ2n) is 6.55. The summed E-state index contributed by atoms with van der Waals surface area (Å²) in [5.74, 6) is 0.135. The Hall–Kier alpha value is -1.46. The maximum Gasteiger partial charge on any atom is 0.273 e. The molecule has 1 aromatic carbocycles. The number of aliphatic hydroxyl groups excluding tert-OH is 1. The van der Waals surface area contributed by atoms with Gasteiger partial charge in [0, 0.05) is 31.3 Å². The van der Waals surface area contributed by atoms with Crippen molar-refractivity contribution in [1.82, 2.24) is 5.32 Å². The molecule has 0 aliphatic rings. The van der Waals surface area contributed by atoms with Crippen molar-refractivity contribution >= 4 is 5.69 Å². The van der Waals surface area contributed by atoms with Crippen molar-refractivity contribution in [2.24, 2.45) is 5.41 Å². The van der Waals surface area contributed by atoms with Gasteiger partial charge in [-0.1, -0.05) is 39.8 Å². The van der Waals surface area contributed by atoms with E-state index in [0.717, 1.165) is 24.1 Å². The fourth-order valence-corrected chi connectivity index (χ4v) is 2.28. The third kappa shape index (κ3) is 5.44. The number of benzene rings is 1. The van der Waals surface area contributed by atoms with Gasteiger partial charge in [-0.25, -0.2) is 0 Å². The average Bonchev–Trinajstić information content (AvgIpc) is 2.37. The van der Waals surface area contributed by atoms with Gasteiger partial charge in [-0.2, -0.15) is 0 Å². The quantitative estimate of drug-likeness (QED) is 0.570. The van der Waals surface area contributed by atoms with E-state index in [1.165, 1.54) is 0 Å². The molecule has 2 N–H and O–H groups in total. The van der Waals surface area contributed by atoms with E-state index in [4.69, 9.17) is 5.11 Å². The summed E-state index contributed by atoms with van der Waals surface area (Å²) in [6, 6.07) is 5.44. The Bertz CT molecular complexity index is 484. The molecule has 0 amide bonds. The molecule has 0 aliphatic heterocycles. The van der Waals surface area contributed by atoms with Gasteiger partial charge in [-0.3, -0.25) is 10.1 Å². The molecule has 0 aromatic heterocycles. The van der Waals surface area contributed by atoms with Crippen LogP contribution in [-0.4, -0.2) is 23.2 Å². The minimum absolute atomic E-state index is 0.0125. The second-order valence-corrected chi connectivity index (χ2v) is 6.55. The van der Waals surface area contributed by atoms with Crippen LogP contribution in [0.1, 0.15) is 51.2 Å². The second kappa shape index (κ2) is 7.52. The minimum Gasteiger partial charge on any atom is -0.396 e. The first-order valence-electron chi connectivity index (χ1n) is 7.35. The van der Waals surface area contributed by atoms with Crippen LogP contribution in [0.25, 0.3) is 0 Å². The third-order valence-corrected chi connectivity index (χ3v) is 3.63. The predicted octanol–water partition coefficient (Wildman–Crippen LogP) is 3.22. The maximum absolute atomic E-state index is 11.2. The Morgan fingerprint density at radius 3 is 2.57 bits per heavy atom. The number of nitrogens with zero attached hydrogens (tertiary/aromatic N) is 1. The highest BCUT2D eigenvalue weighted by molar-refractivity contribution is 5.45. The van der Waals surface area contributed by atoms with Crippen molar-refractivity contribution in [1.29, 1.82) is 0 Å². The molecule has 0 saturated heterocycles. The summed E-state index contributed by atoms with van der Waals surface area (Å²) in [6.45, 7) is 9.60. The van der Waals surface area contributed by atoms with Crippen LogP contribution in [0.2, 0.25) is 0 Å². The highest BCUT2D eigenvalue weighted by atomic mass is 16.6. The Kier molecular flexibility index (Phi) is 6.30. The fraction of sp³-hybridized carbons (Fsp3) is 0.625. The summed E-state index contributed by atoms with van der Waals surface area (Å²) >= 11 is 0. The molecule has 118 valence electrons. The molecule has 1 aromatic rings. The van der Waals surface area contributed by atoms with Gasteiger partial charge in [0.2, 0.25) is 0 Å². The molecule has 0 unspecified atom stereocenters. The first-order valence-corrected chi connectivity index (χ1v) is 7.35. The number of hydrogen-bond donors (Lipinski definition) is 2. The summed E-state index contributed by atoms with van der Waals surface area (Å²) in [7, 11) is 0. The van der Waals surface area contributed by atoms with Crippen molar-refractivity contribution in [3.8, 4) is 0 Å². The molecular weight excluding hydrogens is 268 g/mol. The van der Waals surface area contributed by atoms with E-state index in [2.05, 4.69) is 19.2 Å². The Labute approximate surface area is 126 Å². The van der Waals surface area contributed by atoms with Crippen LogP contribution in [0.5, 0.6) is 0 Å². The Morgan fingerprint density at radius 1 is 1.38 bits per heavy atom. The lowest BCUT2D eigenvalue weighted by atomic mass is 9.89. The molecule has 0 heterocycles. The monoisotopic (exact) mass is 294 g/mol. The summed E-state index contributed by atoms with van der Waals surface area (Å²) in [5, 5.41) is 23.5. The normalized spacial score (nSPS) is 11.9. The SMILES string of the molecule is CC(C)c1ccc(CNCC(C)(C)CCO)cc1[N+](=O)[O-]. The number of nitrogens with one attached hydrogen (secondary N) is 1. The molecule has 1 rings (SSSR count). The van der Waals surface area contributed by atoms with Crippen molar-refractivity contribution < 1.29 is 10.0 Å². The van der Waals surface area contributed by atoms with E-state index < -0.39 is 0 Å². The molecular formula is C16H26N2O3. The first-order chi connectivity index (χ1) is 9.76. The van der Waals surface area contributed by atoms with Crippen molar-refractivity contribution in [2.75, 3.05) is 13.2 Å². The lowest BCUT2D eigenvalue weighted by molar-refractivity contribution is -0.385. The maximum atomic E-state index is 11.2. The van der Waals surface area contributed by atoms with Crippen LogP contribution in [0.3, 0.4) is 0 Å². The van der Waals surface area contributed by atoms with Crippen LogP contribution >= 0.6 is 0 Å². The molecule has 0 bridgehead atoms. The molecule has 5 nitrogen and oxygen atoms in total. The molecule has 21 heavy (non-hydrogen) atoms. The van der Waals surface area contributed by atoms with E-state index >= 15 is 0 Å². The fourth-order valence-electron chi connectivity index (χ4n) is 2.28. The molecule has 0 aliphatic carbocycles. The van der Waals surface area contributed by atoms with Crippen LogP contribution in [0, 0.1) is 15.5 Å². The van der Waals surface area contributed by atoms with Gasteiger partial charge in [0.15, 0.2) is 0 Å². The largest absolute Gasteiger partial charge is 0.396 e. The van der Waals surface area contributed by atoms with Crippen LogP contribution in [-0.2, 0) is 6.54 Å². The number of aliphatic hydroxyl groups is 1. The smallest absolute Gasteiger partial charge is 0.273 e. The van der Waals surface area contributed by atoms with Crippen LogP contribution in [0.15, 0.2) is 18.2 Å². The van der Waals surface area contributed by atoms with Crippen molar-refractivity contribution in [3.63, 3.8) is 0 Å². The van der Waals surface area contributed by atoms with Gasteiger partial charge in [0.25, 0.3) is 5.69 Å². The molecule has 0 spiro atoms. The van der Waals surface area contributed by atoms with Gasteiger partial charge in [-0.05, 0) is 23.3 Å². The first kappa shape index (κ1) is 17.6. The van der Waals surface area contributed by atoms with E-state index in [0.29, 0.717) is 6.54 Å². The average molecular weight is 294 g/mol. The zero-order valence-corrected chi connectivity index (χ0v) is 13.3. The van der Waals surface area contributed by atoms with Gasteiger partial charge in [0.05, 0.1) is 4.92 Å². The van der Waals surface area contributed by atoms with E-state index in [-0.39, 0.29) is 28.6 Å². The molecule has 0 radical (unpaired) electrons. The lowest BCUT2D eigenvalue weighted by Crippen LogP contribution is -2.29. The standard InChI is InChI=1S/C16H26N2O3/c1-12(2)14-6-5-13(9-15(14)18(20)21)10-17-11-16(3,4)7-8-19/h5-6,9,12,17,19H,7-8,10-11H2,1-4H3. The van der Waals surface area contributed by atoms with E-state index in [9.17, 15) is 10.1 Å². The highest BCUT2D eigenvalue weighted by Crippen LogP contribution is 2.27. The van der Waals surface area contributed by atoms with Crippen LogP contribution in [0.4, 0.5) is 5.69 Å². The number of nitro groups is 1. The molecule has 5 heteroatoms. The van der Waals surface area contributed by atoms with Crippen molar-refractivity contribution in [3.05, 3.63) is 39.4 Å². The zero-order valence-electron chi connectivity index (χ0n) is 13.3. The topological polar surface area (TPSA) is 75.4 Å². The van der Waals surface area contributed by atoms with Crippen molar-refractivity contribution in [2.45, 2.75) is 46.6 Å². The lowest BCUT2D eigenvalue weighted by Gasteiger charge is -2.24. The zero-order chi connectivity index (χ0) is 16.0. The molecule has 0 fully saturated rings. The van der Waals surface area contributed by atoms with Crippen LogP contribution < -0.4 is 5.32 Å².